The highest BCUT2D eigenvalue weighted by molar-refractivity contribution is 7.13. The summed E-state index contributed by atoms with van der Waals surface area (Å²) in [6.45, 7) is 4.97. The smallest absolute Gasteiger partial charge is 0.308 e. The zero-order chi connectivity index (χ0) is 14.0. The van der Waals surface area contributed by atoms with Gasteiger partial charge in [-0.05, 0) is 26.7 Å². The first-order valence-corrected chi connectivity index (χ1v) is 7.15. The van der Waals surface area contributed by atoms with E-state index in [1.54, 1.807) is 4.90 Å². The van der Waals surface area contributed by atoms with E-state index in [0.717, 1.165) is 10.7 Å². The van der Waals surface area contributed by atoms with Gasteiger partial charge in [-0.1, -0.05) is 0 Å². The van der Waals surface area contributed by atoms with Crippen LogP contribution in [0.1, 0.15) is 33.2 Å². The fraction of sp³-hybridized carbons (Fsp3) is 0.615. The van der Waals surface area contributed by atoms with Crippen molar-refractivity contribution < 1.29 is 14.3 Å². The Balaban J connectivity index is 2.00. The topological polar surface area (TPSA) is 59.5 Å². The Morgan fingerprint density at radius 1 is 1.32 bits per heavy atom. The number of carbonyl (C=O) groups is 2. The Kier molecular flexibility index (Phi) is 4.19. The number of ether oxygens (including phenoxy) is 1. The van der Waals surface area contributed by atoms with Crippen LogP contribution < -0.4 is 0 Å². The molecule has 1 aliphatic rings. The van der Waals surface area contributed by atoms with Crippen molar-refractivity contribution in [3.05, 3.63) is 15.6 Å². The first-order valence-electron chi connectivity index (χ1n) is 6.34. The van der Waals surface area contributed by atoms with E-state index in [1.165, 1.54) is 18.4 Å². The summed E-state index contributed by atoms with van der Waals surface area (Å²) in [5.74, 6) is -0.207. The van der Waals surface area contributed by atoms with Crippen molar-refractivity contribution in [1.82, 2.24) is 9.88 Å². The van der Waals surface area contributed by atoms with Gasteiger partial charge in [0.1, 0.15) is 4.88 Å². The van der Waals surface area contributed by atoms with Crippen LogP contribution in [0.3, 0.4) is 0 Å². The van der Waals surface area contributed by atoms with Crippen LogP contribution in [0, 0.1) is 19.8 Å². The highest BCUT2D eigenvalue weighted by atomic mass is 32.1. The van der Waals surface area contributed by atoms with Crippen LogP contribution in [0.25, 0.3) is 0 Å². The molecule has 0 N–H and O–H groups in total. The van der Waals surface area contributed by atoms with Gasteiger partial charge in [0.2, 0.25) is 0 Å². The average Bonchev–Trinajstić information content (AvgIpc) is 2.76. The number of methoxy groups -OCH3 is 1. The van der Waals surface area contributed by atoms with E-state index < -0.39 is 0 Å². The zero-order valence-corrected chi connectivity index (χ0v) is 12.2. The highest BCUT2D eigenvalue weighted by Gasteiger charge is 2.29. The molecule has 2 rings (SSSR count). The number of aromatic nitrogens is 1. The van der Waals surface area contributed by atoms with Crippen molar-refractivity contribution in [2.75, 3.05) is 20.2 Å². The molecule has 0 spiro atoms. The molecule has 0 saturated carbocycles. The first kappa shape index (κ1) is 14.0. The number of hydrogen-bond donors (Lipinski definition) is 0. The van der Waals surface area contributed by atoms with E-state index in [4.69, 9.17) is 4.74 Å². The van der Waals surface area contributed by atoms with E-state index in [0.29, 0.717) is 30.8 Å². The van der Waals surface area contributed by atoms with Crippen molar-refractivity contribution >= 4 is 23.2 Å². The molecule has 0 unspecified atom stereocenters. The Labute approximate surface area is 116 Å². The number of amides is 1. The lowest BCUT2D eigenvalue weighted by Gasteiger charge is -2.30. The van der Waals surface area contributed by atoms with Crippen LogP contribution >= 0.6 is 11.3 Å². The van der Waals surface area contributed by atoms with Crippen LogP contribution in [0.2, 0.25) is 0 Å². The minimum atomic E-state index is -0.170. The third kappa shape index (κ3) is 2.94. The molecule has 104 valence electrons. The summed E-state index contributed by atoms with van der Waals surface area (Å²) in [6.07, 6.45) is 1.35. The van der Waals surface area contributed by atoms with E-state index in [2.05, 4.69) is 4.98 Å². The predicted octanol–water partition coefficient (Wildman–Crippen LogP) is 1.79. The molecule has 19 heavy (non-hydrogen) atoms. The molecule has 1 aromatic heterocycles. The number of carbonyl (C=O) groups excluding carboxylic acids is 2. The molecule has 1 aliphatic heterocycles. The number of aryl methyl sites for hydroxylation is 2. The standard InChI is InChI=1S/C13H18N2O3S/c1-8-11(19-9(2)14-8)12(16)15-6-4-10(5-7-15)13(17)18-3/h10H,4-7H2,1-3H3. The number of esters is 1. The van der Waals surface area contributed by atoms with E-state index >= 15 is 0 Å². The second-order valence-electron chi connectivity index (χ2n) is 4.74. The Morgan fingerprint density at radius 2 is 1.95 bits per heavy atom. The fourth-order valence-electron chi connectivity index (χ4n) is 2.36. The normalized spacial score (nSPS) is 16.5. The SMILES string of the molecule is COC(=O)C1CCN(C(=O)c2sc(C)nc2C)CC1. The molecular formula is C13H18N2O3S. The molecule has 0 bridgehead atoms. The lowest BCUT2D eigenvalue weighted by Crippen LogP contribution is -2.40. The lowest BCUT2D eigenvalue weighted by molar-refractivity contribution is -0.146. The number of hydrogen-bond acceptors (Lipinski definition) is 5. The van der Waals surface area contributed by atoms with Crippen LogP contribution in [0.4, 0.5) is 0 Å². The Morgan fingerprint density at radius 3 is 2.42 bits per heavy atom. The summed E-state index contributed by atoms with van der Waals surface area (Å²) < 4.78 is 4.74. The van der Waals surface area contributed by atoms with Gasteiger partial charge >= 0.3 is 5.97 Å². The molecule has 0 aliphatic carbocycles. The van der Waals surface area contributed by atoms with Gasteiger partial charge in [-0.15, -0.1) is 11.3 Å². The quantitative estimate of drug-likeness (QED) is 0.776. The maximum atomic E-state index is 12.4. The second kappa shape index (κ2) is 5.69. The molecular weight excluding hydrogens is 264 g/mol. The van der Waals surface area contributed by atoms with Crippen molar-refractivity contribution in [2.45, 2.75) is 26.7 Å². The fourth-order valence-corrected chi connectivity index (χ4v) is 3.25. The molecule has 6 heteroatoms. The third-order valence-corrected chi connectivity index (χ3v) is 4.48. The molecule has 0 radical (unpaired) electrons. The van der Waals surface area contributed by atoms with Crippen LogP contribution in [-0.4, -0.2) is 42.0 Å². The van der Waals surface area contributed by atoms with Gasteiger partial charge in [-0.2, -0.15) is 0 Å². The largest absolute Gasteiger partial charge is 0.469 e. The van der Waals surface area contributed by atoms with Crippen LogP contribution in [0.15, 0.2) is 0 Å². The molecule has 1 saturated heterocycles. The zero-order valence-electron chi connectivity index (χ0n) is 11.4. The average molecular weight is 282 g/mol. The molecule has 1 amide bonds. The third-order valence-electron chi connectivity index (χ3n) is 3.41. The maximum absolute atomic E-state index is 12.4. The number of nitrogens with zero attached hydrogens (tertiary/aromatic N) is 2. The molecule has 1 fully saturated rings. The van der Waals surface area contributed by atoms with Crippen LogP contribution in [-0.2, 0) is 9.53 Å². The summed E-state index contributed by atoms with van der Waals surface area (Å²) in [6, 6.07) is 0. The van der Waals surface area contributed by atoms with Gasteiger partial charge in [-0.3, -0.25) is 9.59 Å². The lowest BCUT2D eigenvalue weighted by atomic mass is 9.97. The van der Waals surface area contributed by atoms with Crippen molar-refractivity contribution in [1.29, 1.82) is 0 Å². The van der Waals surface area contributed by atoms with E-state index in [1.807, 2.05) is 13.8 Å². The highest BCUT2D eigenvalue weighted by Crippen LogP contribution is 2.24. The molecule has 0 aromatic carbocycles. The van der Waals surface area contributed by atoms with Crippen molar-refractivity contribution in [3.8, 4) is 0 Å². The molecule has 5 nitrogen and oxygen atoms in total. The summed E-state index contributed by atoms with van der Waals surface area (Å²) in [5.41, 5.74) is 0.794. The van der Waals surface area contributed by atoms with E-state index in [-0.39, 0.29) is 17.8 Å². The van der Waals surface area contributed by atoms with Gasteiger partial charge in [0.25, 0.3) is 5.91 Å². The number of likely N-dealkylation sites (tertiary alicyclic amines) is 1. The first-order chi connectivity index (χ1) is 9.02. The van der Waals surface area contributed by atoms with Crippen molar-refractivity contribution in [2.24, 2.45) is 5.92 Å². The minimum Gasteiger partial charge on any atom is -0.469 e. The minimum absolute atomic E-state index is 0.0337. The van der Waals surface area contributed by atoms with Crippen molar-refractivity contribution in [3.63, 3.8) is 0 Å². The summed E-state index contributed by atoms with van der Waals surface area (Å²) in [4.78, 5) is 30.6. The van der Waals surface area contributed by atoms with E-state index in [9.17, 15) is 9.59 Å². The second-order valence-corrected chi connectivity index (χ2v) is 5.94. The maximum Gasteiger partial charge on any atom is 0.308 e. The van der Waals surface area contributed by atoms with Gasteiger partial charge < -0.3 is 9.64 Å². The summed E-state index contributed by atoms with van der Waals surface area (Å²) in [5, 5.41) is 0.908. The molecule has 0 atom stereocenters. The van der Waals surface area contributed by atoms with Gasteiger partial charge in [0.05, 0.1) is 23.7 Å². The van der Waals surface area contributed by atoms with Gasteiger partial charge in [-0.25, -0.2) is 4.98 Å². The van der Waals surface area contributed by atoms with Gasteiger partial charge in [0.15, 0.2) is 0 Å². The van der Waals surface area contributed by atoms with Crippen LogP contribution in [0.5, 0.6) is 0 Å². The summed E-state index contributed by atoms with van der Waals surface area (Å²) >= 11 is 1.43. The predicted molar refractivity (Wildman–Crippen MR) is 72.2 cm³/mol. The monoisotopic (exact) mass is 282 g/mol. The Bertz CT molecular complexity index is 490. The summed E-state index contributed by atoms with van der Waals surface area (Å²) in [7, 11) is 1.41. The number of rotatable bonds is 2. The number of thiazole rings is 1. The van der Waals surface area contributed by atoms with Gasteiger partial charge in [0, 0.05) is 13.1 Å². The Hall–Kier alpha value is -1.43. The number of piperidine rings is 1. The molecule has 2 heterocycles. The molecule has 1 aromatic rings.